The van der Waals surface area contributed by atoms with Gasteiger partial charge >= 0.3 is 5.97 Å². The molecule has 1 heterocycles. The minimum atomic E-state index is -0.911. The third-order valence-electron chi connectivity index (χ3n) is 2.98. The van der Waals surface area contributed by atoms with Gasteiger partial charge < -0.3 is 9.84 Å². The molecule has 0 aliphatic carbocycles. The number of carboxylic acids is 1. The zero-order valence-electron chi connectivity index (χ0n) is 8.81. The number of halogens is 1. The summed E-state index contributed by atoms with van der Waals surface area (Å²) in [6.45, 7) is 0. The number of aliphatic carboxylic acids is 1. The van der Waals surface area contributed by atoms with Crippen molar-refractivity contribution in [1.82, 2.24) is 0 Å². The Bertz CT molecular complexity index is 621. The fourth-order valence-electron chi connectivity index (χ4n) is 2.18. The molecule has 0 radical (unpaired) electrons. The predicted octanol–water partition coefficient (Wildman–Crippen LogP) is 2.99. The Morgan fingerprint density at radius 2 is 2.18 bits per heavy atom. The van der Waals surface area contributed by atoms with Crippen LogP contribution in [0.2, 0.25) is 0 Å². The SMILES string of the molecule is O=C(O)[C@@H]1Cc2c(ccc3cc(Br)ccc23)O1. The van der Waals surface area contributed by atoms with Gasteiger partial charge in [-0.2, -0.15) is 0 Å². The van der Waals surface area contributed by atoms with Crippen LogP contribution in [0.4, 0.5) is 0 Å². The van der Waals surface area contributed by atoms with E-state index in [1.807, 2.05) is 30.3 Å². The minimum Gasteiger partial charge on any atom is -0.478 e. The van der Waals surface area contributed by atoms with Crippen LogP contribution < -0.4 is 4.74 Å². The van der Waals surface area contributed by atoms with Crippen LogP contribution in [-0.4, -0.2) is 17.2 Å². The van der Waals surface area contributed by atoms with Crippen molar-refractivity contribution < 1.29 is 14.6 Å². The highest BCUT2D eigenvalue weighted by molar-refractivity contribution is 9.10. The number of ether oxygens (including phenoxy) is 1. The molecule has 2 aromatic rings. The zero-order valence-corrected chi connectivity index (χ0v) is 10.4. The number of fused-ring (bicyclic) bond motifs is 3. The molecule has 0 saturated heterocycles. The number of carbonyl (C=O) groups is 1. The van der Waals surface area contributed by atoms with E-state index in [-0.39, 0.29) is 0 Å². The number of carboxylic acid groups (broad SMARTS) is 1. The van der Waals surface area contributed by atoms with Crippen LogP contribution in [0.3, 0.4) is 0 Å². The minimum absolute atomic E-state index is 0.434. The van der Waals surface area contributed by atoms with Crippen molar-refractivity contribution in [3.05, 3.63) is 40.4 Å². The van der Waals surface area contributed by atoms with Gasteiger partial charge in [0.25, 0.3) is 0 Å². The molecule has 1 aliphatic rings. The maximum absolute atomic E-state index is 10.9. The van der Waals surface area contributed by atoms with Gasteiger partial charge in [0.2, 0.25) is 0 Å². The van der Waals surface area contributed by atoms with Crippen molar-refractivity contribution >= 4 is 32.7 Å². The molecule has 0 saturated carbocycles. The topological polar surface area (TPSA) is 46.5 Å². The fourth-order valence-corrected chi connectivity index (χ4v) is 2.56. The summed E-state index contributed by atoms with van der Waals surface area (Å²) >= 11 is 3.42. The summed E-state index contributed by atoms with van der Waals surface area (Å²) in [5.74, 6) is -0.223. The van der Waals surface area contributed by atoms with Crippen LogP contribution >= 0.6 is 15.9 Å². The van der Waals surface area contributed by atoms with Gasteiger partial charge in [-0.25, -0.2) is 4.79 Å². The maximum Gasteiger partial charge on any atom is 0.345 e. The molecule has 1 aliphatic heterocycles. The van der Waals surface area contributed by atoms with Gasteiger partial charge in [-0.3, -0.25) is 0 Å². The molecule has 4 heteroatoms. The lowest BCUT2D eigenvalue weighted by molar-refractivity contribution is -0.144. The standard InChI is InChI=1S/C13H9BrO3/c14-8-2-3-9-7(5-8)1-4-11-10(9)6-12(17-11)13(15)16/h1-5,12H,6H2,(H,15,16)/t12-/m0/s1. The highest BCUT2D eigenvalue weighted by atomic mass is 79.9. The molecule has 0 fully saturated rings. The Morgan fingerprint density at radius 1 is 1.35 bits per heavy atom. The first-order valence-corrected chi connectivity index (χ1v) is 6.05. The fraction of sp³-hybridized carbons (Fsp3) is 0.154. The van der Waals surface area contributed by atoms with Gasteiger partial charge in [-0.1, -0.05) is 28.1 Å². The van der Waals surface area contributed by atoms with Crippen LogP contribution in [0.5, 0.6) is 5.75 Å². The van der Waals surface area contributed by atoms with Gasteiger partial charge in [0.1, 0.15) is 5.75 Å². The van der Waals surface area contributed by atoms with E-state index in [4.69, 9.17) is 9.84 Å². The highest BCUT2D eigenvalue weighted by Crippen LogP contribution is 2.35. The molecule has 86 valence electrons. The Labute approximate surface area is 106 Å². The van der Waals surface area contributed by atoms with Crippen molar-refractivity contribution in [1.29, 1.82) is 0 Å². The maximum atomic E-state index is 10.9. The molecule has 17 heavy (non-hydrogen) atoms. The lowest BCUT2D eigenvalue weighted by Crippen LogP contribution is -2.24. The molecule has 0 amide bonds. The van der Waals surface area contributed by atoms with Crippen LogP contribution in [0.15, 0.2) is 34.8 Å². The van der Waals surface area contributed by atoms with Gasteiger partial charge in [0.05, 0.1) is 0 Å². The first kappa shape index (κ1) is 10.6. The molecule has 0 aromatic heterocycles. The van der Waals surface area contributed by atoms with Crippen molar-refractivity contribution in [2.24, 2.45) is 0 Å². The molecule has 1 atom stereocenters. The number of hydrogen-bond acceptors (Lipinski definition) is 2. The molecular formula is C13H9BrO3. The van der Waals surface area contributed by atoms with E-state index in [9.17, 15) is 4.79 Å². The lowest BCUT2D eigenvalue weighted by atomic mass is 10.0. The number of benzene rings is 2. The van der Waals surface area contributed by atoms with Crippen LogP contribution in [0.25, 0.3) is 10.8 Å². The Morgan fingerprint density at radius 3 is 2.94 bits per heavy atom. The summed E-state index contributed by atoms with van der Waals surface area (Å²) in [5.41, 5.74) is 0.988. The highest BCUT2D eigenvalue weighted by Gasteiger charge is 2.29. The third kappa shape index (κ3) is 1.69. The van der Waals surface area contributed by atoms with Crippen molar-refractivity contribution in [3.8, 4) is 5.75 Å². The average molecular weight is 293 g/mol. The Hall–Kier alpha value is -1.55. The lowest BCUT2D eigenvalue weighted by Gasteiger charge is -2.04. The summed E-state index contributed by atoms with van der Waals surface area (Å²) in [6.07, 6.45) is -0.317. The van der Waals surface area contributed by atoms with Crippen molar-refractivity contribution in [2.75, 3.05) is 0 Å². The second kappa shape index (κ2) is 3.74. The van der Waals surface area contributed by atoms with Crippen LogP contribution in [0.1, 0.15) is 5.56 Å². The smallest absolute Gasteiger partial charge is 0.345 e. The summed E-state index contributed by atoms with van der Waals surface area (Å²) in [6, 6.07) is 9.75. The summed E-state index contributed by atoms with van der Waals surface area (Å²) < 4.78 is 6.41. The van der Waals surface area contributed by atoms with E-state index < -0.39 is 12.1 Å². The van der Waals surface area contributed by atoms with Gasteiger partial charge in [-0.15, -0.1) is 0 Å². The molecule has 2 aromatic carbocycles. The molecule has 3 rings (SSSR count). The van der Waals surface area contributed by atoms with Crippen molar-refractivity contribution in [3.63, 3.8) is 0 Å². The zero-order chi connectivity index (χ0) is 12.0. The van der Waals surface area contributed by atoms with Crippen molar-refractivity contribution in [2.45, 2.75) is 12.5 Å². The van der Waals surface area contributed by atoms with E-state index >= 15 is 0 Å². The Balaban J connectivity index is 2.17. The van der Waals surface area contributed by atoms with E-state index in [0.29, 0.717) is 12.2 Å². The first-order valence-electron chi connectivity index (χ1n) is 5.26. The van der Waals surface area contributed by atoms with E-state index in [0.717, 1.165) is 20.8 Å². The largest absolute Gasteiger partial charge is 0.478 e. The van der Waals surface area contributed by atoms with E-state index in [1.54, 1.807) is 0 Å². The molecule has 3 nitrogen and oxygen atoms in total. The molecular weight excluding hydrogens is 284 g/mol. The summed E-state index contributed by atoms with van der Waals surface area (Å²) in [4.78, 5) is 10.9. The van der Waals surface area contributed by atoms with Gasteiger partial charge in [-0.05, 0) is 29.0 Å². The Kier molecular flexibility index (Phi) is 2.33. The first-order chi connectivity index (χ1) is 8.15. The van der Waals surface area contributed by atoms with Crippen LogP contribution in [0, 0.1) is 0 Å². The third-order valence-corrected chi connectivity index (χ3v) is 3.48. The van der Waals surface area contributed by atoms with Gasteiger partial charge in [0, 0.05) is 16.5 Å². The van der Waals surface area contributed by atoms with E-state index in [2.05, 4.69) is 15.9 Å². The second-order valence-corrected chi connectivity index (χ2v) is 4.97. The van der Waals surface area contributed by atoms with Crippen LogP contribution in [-0.2, 0) is 11.2 Å². The number of rotatable bonds is 1. The molecule has 0 spiro atoms. The monoisotopic (exact) mass is 292 g/mol. The van der Waals surface area contributed by atoms with Gasteiger partial charge in [0.15, 0.2) is 6.10 Å². The predicted molar refractivity (Wildman–Crippen MR) is 67.4 cm³/mol. The van der Waals surface area contributed by atoms with E-state index in [1.165, 1.54) is 0 Å². The molecule has 0 bridgehead atoms. The molecule has 1 N–H and O–H groups in total. The molecule has 0 unspecified atom stereocenters. The summed E-state index contributed by atoms with van der Waals surface area (Å²) in [5, 5.41) is 11.1. The average Bonchev–Trinajstić information content (AvgIpc) is 2.72. The number of hydrogen-bond donors (Lipinski definition) is 1. The second-order valence-electron chi connectivity index (χ2n) is 4.06. The summed E-state index contributed by atoms with van der Waals surface area (Å²) in [7, 11) is 0. The quantitative estimate of drug-likeness (QED) is 0.879. The normalized spacial score (nSPS) is 17.8.